The van der Waals surface area contributed by atoms with Gasteiger partial charge >= 0.3 is 5.97 Å². The molecule has 0 radical (unpaired) electrons. The smallest absolute Gasteiger partial charge is 0.341 e. The Morgan fingerprint density at radius 3 is 2.74 bits per heavy atom. The highest BCUT2D eigenvalue weighted by Crippen LogP contribution is 2.24. The van der Waals surface area contributed by atoms with Crippen LogP contribution in [0.1, 0.15) is 29.4 Å². The SMILES string of the molecule is Cc1nn(C)c(NC2CCN(C)CC2C)c1C(=O)O. The van der Waals surface area contributed by atoms with Crippen molar-refractivity contribution >= 4 is 11.8 Å². The van der Waals surface area contributed by atoms with Crippen LogP contribution in [-0.4, -0.2) is 51.9 Å². The molecule has 0 amide bonds. The van der Waals surface area contributed by atoms with Gasteiger partial charge in [0.15, 0.2) is 0 Å². The van der Waals surface area contributed by atoms with Crippen LogP contribution < -0.4 is 5.32 Å². The van der Waals surface area contributed by atoms with Gasteiger partial charge < -0.3 is 15.3 Å². The van der Waals surface area contributed by atoms with Crippen LogP contribution in [0, 0.1) is 12.8 Å². The summed E-state index contributed by atoms with van der Waals surface area (Å²) in [6, 6.07) is 0.295. The summed E-state index contributed by atoms with van der Waals surface area (Å²) in [4.78, 5) is 13.6. The molecule has 0 spiro atoms. The first kappa shape index (κ1) is 13.9. The number of aromatic nitrogens is 2. The molecular weight excluding hydrogens is 244 g/mol. The summed E-state index contributed by atoms with van der Waals surface area (Å²) < 4.78 is 1.63. The minimum Gasteiger partial charge on any atom is -0.477 e. The number of hydrogen-bond acceptors (Lipinski definition) is 4. The second-order valence-electron chi connectivity index (χ2n) is 5.52. The number of nitrogens with zero attached hydrogens (tertiary/aromatic N) is 3. The molecule has 2 heterocycles. The molecule has 1 saturated heterocycles. The number of carboxylic acid groups (broad SMARTS) is 1. The van der Waals surface area contributed by atoms with Gasteiger partial charge in [-0.1, -0.05) is 6.92 Å². The highest BCUT2D eigenvalue weighted by Gasteiger charge is 2.27. The van der Waals surface area contributed by atoms with Crippen LogP contribution in [0.25, 0.3) is 0 Å². The summed E-state index contributed by atoms with van der Waals surface area (Å²) in [6.45, 7) is 5.97. The molecule has 0 aliphatic carbocycles. The molecule has 6 heteroatoms. The van der Waals surface area contributed by atoms with E-state index in [4.69, 9.17) is 0 Å². The second kappa shape index (κ2) is 5.21. The topological polar surface area (TPSA) is 70.4 Å². The fourth-order valence-electron chi connectivity index (χ4n) is 2.82. The fourth-order valence-corrected chi connectivity index (χ4v) is 2.82. The Morgan fingerprint density at radius 2 is 2.16 bits per heavy atom. The highest BCUT2D eigenvalue weighted by molar-refractivity contribution is 5.94. The van der Waals surface area contributed by atoms with Gasteiger partial charge in [0.05, 0.1) is 5.69 Å². The van der Waals surface area contributed by atoms with E-state index in [-0.39, 0.29) is 5.56 Å². The molecule has 0 bridgehead atoms. The van der Waals surface area contributed by atoms with E-state index < -0.39 is 5.97 Å². The summed E-state index contributed by atoms with van der Waals surface area (Å²) >= 11 is 0. The Morgan fingerprint density at radius 1 is 1.47 bits per heavy atom. The van der Waals surface area contributed by atoms with Crippen molar-refractivity contribution in [3.05, 3.63) is 11.3 Å². The quantitative estimate of drug-likeness (QED) is 0.859. The van der Waals surface area contributed by atoms with Crippen molar-refractivity contribution < 1.29 is 9.90 Å². The van der Waals surface area contributed by atoms with Crippen molar-refractivity contribution in [2.24, 2.45) is 13.0 Å². The number of nitrogens with one attached hydrogen (secondary N) is 1. The molecule has 1 aromatic rings. The van der Waals surface area contributed by atoms with Crippen molar-refractivity contribution in [2.75, 3.05) is 25.5 Å². The lowest BCUT2D eigenvalue weighted by molar-refractivity contribution is 0.0697. The standard InChI is InChI=1S/C13H22N4O2/c1-8-7-16(3)6-5-10(8)14-12-11(13(18)19)9(2)15-17(12)4/h8,10,14H,5-7H2,1-4H3,(H,18,19). The monoisotopic (exact) mass is 266 g/mol. The molecule has 2 N–H and O–H groups in total. The average molecular weight is 266 g/mol. The average Bonchev–Trinajstić information content (AvgIpc) is 2.57. The van der Waals surface area contributed by atoms with Gasteiger partial charge in [0.25, 0.3) is 0 Å². The maximum Gasteiger partial charge on any atom is 0.341 e. The molecule has 0 aromatic carbocycles. The Kier molecular flexibility index (Phi) is 3.80. The predicted octanol–water partition coefficient (Wildman–Crippen LogP) is 1.18. The number of aromatic carboxylic acids is 1. The molecule has 1 aliphatic heterocycles. The lowest BCUT2D eigenvalue weighted by Crippen LogP contribution is -2.43. The number of likely N-dealkylation sites (tertiary alicyclic amines) is 1. The van der Waals surface area contributed by atoms with Gasteiger partial charge in [-0.25, -0.2) is 4.79 Å². The zero-order valence-corrected chi connectivity index (χ0v) is 12.0. The third-order valence-corrected chi connectivity index (χ3v) is 3.87. The van der Waals surface area contributed by atoms with Crippen LogP contribution in [0.5, 0.6) is 0 Å². The Bertz CT molecular complexity index is 483. The zero-order valence-electron chi connectivity index (χ0n) is 12.0. The molecule has 106 valence electrons. The minimum atomic E-state index is -0.923. The van der Waals surface area contributed by atoms with Crippen molar-refractivity contribution in [3.63, 3.8) is 0 Å². The number of anilines is 1. The van der Waals surface area contributed by atoms with E-state index in [1.165, 1.54) is 0 Å². The van der Waals surface area contributed by atoms with Crippen molar-refractivity contribution in [1.29, 1.82) is 0 Å². The number of rotatable bonds is 3. The van der Waals surface area contributed by atoms with Crippen LogP contribution >= 0.6 is 0 Å². The van der Waals surface area contributed by atoms with Crippen LogP contribution in [0.4, 0.5) is 5.82 Å². The van der Waals surface area contributed by atoms with Gasteiger partial charge in [0, 0.05) is 19.6 Å². The molecule has 1 fully saturated rings. The second-order valence-corrected chi connectivity index (χ2v) is 5.52. The number of aryl methyl sites for hydroxylation is 2. The van der Waals surface area contributed by atoms with Crippen molar-refractivity contribution in [2.45, 2.75) is 26.3 Å². The van der Waals surface area contributed by atoms with E-state index in [0.717, 1.165) is 19.5 Å². The normalized spacial score (nSPS) is 24.4. The summed E-state index contributed by atoms with van der Waals surface area (Å²) in [5.74, 6) is 0.177. The van der Waals surface area contributed by atoms with Crippen LogP contribution in [-0.2, 0) is 7.05 Å². The van der Waals surface area contributed by atoms with Crippen molar-refractivity contribution in [1.82, 2.24) is 14.7 Å². The number of piperidine rings is 1. The first-order chi connectivity index (χ1) is 8.90. The van der Waals surface area contributed by atoms with Gasteiger partial charge in [-0.05, 0) is 32.9 Å². The number of carbonyl (C=O) groups is 1. The van der Waals surface area contributed by atoms with E-state index in [1.807, 2.05) is 0 Å². The van der Waals surface area contributed by atoms with E-state index >= 15 is 0 Å². The summed E-state index contributed by atoms with van der Waals surface area (Å²) in [6.07, 6.45) is 1.01. The first-order valence-electron chi connectivity index (χ1n) is 6.62. The predicted molar refractivity (Wildman–Crippen MR) is 73.6 cm³/mol. The van der Waals surface area contributed by atoms with E-state index in [9.17, 15) is 9.90 Å². The van der Waals surface area contributed by atoms with Crippen LogP contribution in [0.2, 0.25) is 0 Å². The van der Waals surface area contributed by atoms with Gasteiger partial charge in [-0.15, -0.1) is 0 Å². The molecular formula is C13H22N4O2. The zero-order chi connectivity index (χ0) is 14.2. The first-order valence-corrected chi connectivity index (χ1v) is 6.62. The Labute approximate surface area is 113 Å². The summed E-state index contributed by atoms with van der Waals surface area (Å²) in [5, 5.41) is 16.9. The molecule has 6 nitrogen and oxygen atoms in total. The van der Waals surface area contributed by atoms with Crippen LogP contribution in [0.15, 0.2) is 0 Å². The van der Waals surface area contributed by atoms with Gasteiger partial charge in [0.1, 0.15) is 11.4 Å². The van der Waals surface area contributed by atoms with Gasteiger partial charge in [-0.3, -0.25) is 4.68 Å². The van der Waals surface area contributed by atoms with Gasteiger partial charge in [0.2, 0.25) is 0 Å². The van der Waals surface area contributed by atoms with Crippen molar-refractivity contribution in [3.8, 4) is 0 Å². The molecule has 2 unspecified atom stereocenters. The third kappa shape index (κ3) is 2.73. The maximum atomic E-state index is 11.3. The number of carboxylic acids is 1. The molecule has 0 saturated carbocycles. The largest absolute Gasteiger partial charge is 0.477 e. The maximum absolute atomic E-state index is 11.3. The lowest BCUT2D eigenvalue weighted by atomic mass is 9.94. The molecule has 19 heavy (non-hydrogen) atoms. The van der Waals surface area contributed by atoms with E-state index in [0.29, 0.717) is 23.5 Å². The highest BCUT2D eigenvalue weighted by atomic mass is 16.4. The molecule has 2 rings (SSSR count). The van der Waals surface area contributed by atoms with Gasteiger partial charge in [-0.2, -0.15) is 5.10 Å². The van der Waals surface area contributed by atoms with E-state index in [1.54, 1.807) is 18.7 Å². The Balaban J connectivity index is 2.21. The third-order valence-electron chi connectivity index (χ3n) is 3.87. The molecule has 1 aliphatic rings. The summed E-state index contributed by atoms with van der Waals surface area (Å²) in [7, 11) is 3.89. The summed E-state index contributed by atoms with van der Waals surface area (Å²) in [5.41, 5.74) is 0.840. The lowest BCUT2D eigenvalue weighted by Gasteiger charge is -2.35. The fraction of sp³-hybridized carbons (Fsp3) is 0.692. The number of hydrogen-bond donors (Lipinski definition) is 2. The minimum absolute atomic E-state index is 0.286. The Hall–Kier alpha value is -1.56. The van der Waals surface area contributed by atoms with E-state index in [2.05, 4.69) is 29.3 Å². The molecule has 2 atom stereocenters. The molecule has 1 aromatic heterocycles. The van der Waals surface area contributed by atoms with Crippen LogP contribution in [0.3, 0.4) is 0 Å².